The van der Waals surface area contributed by atoms with Crippen LogP contribution in [0.3, 0.4) is 0 Å². The van der Waals surface area contributed by atoms with Gasteiger partial charge in [0.15, 0.2) is 0 Å². The lowest BCUT2D eigenvalue weighted by atomic mass is 9.94. The molecule has 0 radical (unpaired) electrons. The maximum absolute atomic E-state index is 4.61. The zero-order chi connectivity index (χ0) is 14.1. The highest BCUT2D eigenvalue weighted by molar-refractivity contribution is 5.66. The van der Waals surface area contributed by atoms with Crippen LogP contribution in [-0.4, -0.2) is 23.6 Å². The average molecular weight is 268 g/mol. The molecule has 4 heteroatoms. The summed E-state index contributed by atoms with van der Waals surface area (Å²) < 4.78 is 0. The van der Waals surface area contributed by atoms with Crippen LogP contribution in [0, 0.1) is 12.8 Å². The molecule has 2 aromatic rings. The summed E-state index contributed by atoms with van der Waals surface area (Å²) in [5, 5.41) is 3.03. The van der Waals surface area contributed by atoms with Crippen LogP contribution in [-0.2, 0) is 6.42 Å². The number of aryl methyl sites for hydroxylation is 1. The second-order valence-corrected chi connectivity index (χ2v) is 5.49. The standard InChI is InChI=1S/C16H20N4/c1-11-8-13-6-4-5-7-14(13)20(10-11)15-9-12(2)18-16(17-3)19-15/h4-7,9,11H,8,10H2,1-3H3,(H,17,18,19). The van der Waals surface area contributed by atoms with Gasteiger partial charge in [0, 0.05) is 31.0 Å². The lowest BCUT2D eigenvalue weighted by molar-refractivity contribution is 0.560. The fourth-order valence-electron chi connectivity index (χ4n) is 2.82. The largest absolute Gasteiger partial charge is 0.357 e. The molecular weight excluding hydrogens is 248 g/mol. The number of fused-ring (bicyclic) bond motifs is 1. The van der Waals surface area contributed by atoms with Gasteiger partial charge in [-0.1, -0.05) is 25.1 Å². The summed E-state index contributed by atoms with van der Waals surface area (Å²) in [6.07, 6.45) is 1.13. The highest BCUT2D eigenvalue weighted by Crippen LogP contribution is 2.34. The predicted octanol–water partition coefficient (Wildman–Crippen LogP) is 3.16. The van der Waals surface area contributed by atoms with E-state index in [1.165, 1.54) is 11.3 Å². The van der Waals surface area contributed by atoms with Crippen LogP contribution in [0.5, 0.6) is 0 Å². The molecule has 20 heavy (non-hydrogen) atoms. The van der Waals surface area contributed by atoms with E-state index < -0.39 is 0 Å². The molecule has 1 atom stereocenters. The monoisotopic (exact) mass is 268 g/mol. The molecule has 4 nitrogen and oxygen atoms in total. The number of anilines is 3. The first-order valence-corrected chi connectivity index (χ1v) is 7.06. The third-order valence-corrected chi connectivity index (χ3v) is 3.69. The lowest BCUT2D eigenvalue weighted by Crippen LogP contribution is -2.31. The molecule has 1 aromatic carbocycles. The van der Waals surface area contributed by atoms with Crippen LogP contribution in [0.4, 0.5) is 17.5 Å². The van der Waals surface area contributed by atoms with E-state index >= 15 is 0 Å². The van der Waals surface area contributed by atoms with E-state index in [2.05, 4.69) is 57.4 Å². The first-order chi connectivity index (χ1) is 9.67. The smallest absolute Gasteiger partial charge is 0.224 e. The van der Waals surface area contributed by atoms with Crippen LogP contribution in [0.2, 0.25) is 0 Å². The van der Waals surface area contributed by atoms with E-state index in [9.17, 15) is 0 Å². The molecule has 0 spiro atoms. The second-order valence-electron chi connectivity index (χ2n) is 5.49. The Balaban J connectivity index is 2.08. The van der Waals surface area contributed by atoms with Crippen molar-refractivity contribution in [2.75, 3.05) is 23.8 Å². The minimum Gasteiger partial charge on any atom is -0.357 e. The van der Waals surface area contributed by atoms with Crippen LogP contribution in [0.25, 0.3) is 0 Å². The first-order valence-electron chi connectivity index (χ1n) is 7.06. The van der Waals surface area contributed by atoms with Gasteiger partial charge in [0.05, 0.1) is 0 Å². The number of para-hydroxylation sites is 1. The molecule has 1 unspecified atom stereocenters. The maximum atomic E-state index is 4.61. The van der Waals surface area contributed by atoms with Gasteiger partial charge < -0.3 is 10.2 Å². The van der Waals surface area contributed by atoms with Crippen molar-refractivity contribution < 1.29 is 0 Å². The summed E-state index contributed by atoms with van der Waals surface area (Å²) >= 11 is 0. The van der Waals surface area contributed by atoms with Crippen molar-refractivity contribution >= 4 is 17.5 Å². The predicted molar refractivity (Wildman–Crippen MR) is 82.6 cm³/mol. The number of hydrogen-bond acceptors (Lipinski definition) is 4. The van der Waals surface area contributed by atoms with Gasteiger partial charge in [0.1, 0.15) is 5.82 Å². The maximum Gasteiger partial charge on any atom is 0.224 e. The molecule has 3 rings (SSSR count). The summed E-state index contributed by atoms with van der Waals surface area (Å²) in [4.78, 5) is 11.3. The summed E-state index contributed by atoms with van der Waals surface area (Å²) in [6, 6.07) is 10.6. The zero-order valence-electron chi connectivity index (χ0n) is 12.2. The van der Waals surface area contributed by atoms with Gasteiger partial charge in [0.25, 0.3) is 0 Å². The Bertz CT molecular complexity index is 624. The van der Waals surface area contributed by atoms with Gasteiger partial charge in [-0.05, 0) is 30.9 Å². The van der Waals surface area contributed by atoms with Crippen LogP contribution in [0.1, 0.15) is 18.2 Å². The molecule has 0 amide bonds. The van der Waals surface area contributed by atoms with Crippen LogP contribution in [0.15, 0.2) is 30.3 Å². The summed E-state index contributed by atoms with van der Waals surface area (Å²) in [5.74, 6) is 2.27. The third kappa shape index (κ3) is 2.33. The van der Waals surface area contributed by atoms with Crippen molar-refractivity contribution in [1.82, 2.24) is 9.97 Å². The van der Waals surface area contributed by atoms with Crippen LogP contribution >= 0.6 is 0 Å². The number of benzene rings is 1. The van der Waals surface area contributed by atoms with Crippen molar-refractivity contribution in [3.8, 4) is 0 Å². The molecule has 0 saturated heterocycles. The number of aromatic nitrogens is 2. The van der Waals surface area contributed by atoms with Crippen molar-refractivity contribution in [2.45, 2.75) is 20.3 Å². The number of nitrogens with zero attached hydrogens (tertiary/aromatic N) is 3. The second kappa shape index (κ2) is 5.12. The van der Waals surface area contributed by atoms with E-state index in [0.29, 0.717) is 11.9 Å². The van der Waals surface area contributed by atoms with Crippen molar-refractivity contribution in [2.24, 2.45) is 5.92 Å². The first kappa shape index (κ1) is 12.9. The summed E-state index contributed by atoms with van der Waals surface area (Å²) in [5.41, 5.74) is 3.65. The van der Waals surface area contributed by atoms with Crippen molar-refractivity contribution in [3.05, 3.63) is 41.6 Å². The fourth-order valence-corrected chi connectivity index (χ4v) is 2.82. The van der Waals surface area contributed by atoms with E-state index in [4.69, 9.17) is 0 Å². The Morgan fingerprint density at radius 3 is 2.85 bits per heavy atom. The molecule has 1 aromatic heterocycles. The Hall–Kier alpha value is -2.10. The van der Waals surface area contributed by atoms with E-state index in [1.54, 1.807) is 0 Å². The van der Waals surface area contributed by atoms with Gasteiger partial charge in [-0.15, -0.1) is 0 Å². The van der Waals surface area contributed by atoms with Gasteiger partial charge in [-0.2, -0.15) is 4.98 Å². The van der Waals surface area contributed by atoms with Gasteiger partial charge in [-0.25, -0.2) is 4.98 Å². The highest BCUT2D eigenvalue weighted by Gasteiger charge is 2.23. The van der Waals surface area contributed by atoms with Crippen LogP contribution < -0.4 is 10.2 Å². The molecule has 0 fully saturated rings. The summed E-state index contributed by atoms with van der Waals surface area (Å²) in [7, 11) is 1.85. The molecular formula is C16H20N4. The quantitative estimate of drug-likeness (QED) is 0.908. The van der Waals surface area contributed by atoms with Gasteiger partial charge >= 0.3 is 0 Å². The molecule has 0 aliphatic carbocycles. The number of rotatable bonds is 2. The Morgan fingerprint density at radius 1 is 1.25 bits per heavy atom. The van der Waals surface area contributed by atoms with Crippen molar-refractivity contribution in [3.63, 3.8) is 0 Å². The molecule has 1 N–H and O–H groups in total. The van der Waals surface area contributed by atoms with E-state index in [-0.39, 0.29) is 0 Å². The van der Waals surface area contributed by atoms with E-state index in [1.807, 2.05) is 14.0 Å². The Labute approximate surface area is 119 Å². The average Bonchev–Trinajstić information content (AvgIpc) is 2.45. The minimum absolute atomic E-state index is 0.623. The number of nitrogens with one attached hydrogen (secondary N) is 1. The minimum atomic E-state index is 0.623. The molecule has 2 heterocycles. The number of hydrogen-bond donors (Lipinski definition) is 1. The molecule has 0 saturated carbocycles. The molecule has 0 bridgehead atoms. The molecule has 1 aliphatic rings. The van der Waals surface area contributed by atoms with E-state index in [0.717, 1.165) is 24.5 Å². The van der Waals surface area contributed by atoms with Crippen molar-refractivity contribution in [1.29, 1.82) is 0 Å². The Kier molecular flexibility index (Phi) is 3.30. The molecule has 1 aliphatic heterocycles. The summed E-state index contributed by atoms with van der Waals surface area (Å²) in [6.45, 7) is 5.29. The normalized spacial score (nSPS) is 17.8. The zero-order valence-corrected chi connectivity index (χ0v) is 12.2. The highest BCUT2D eigenvalue weighted by atomic mass is 15.2. The fraction of sp³-hybridized carbons (Fsp3) is 0.375. The third-order valence-electron chi connectivity index (χ3n) is 3.69. The topological polar surface area (TPSA) is 41.1 Å². The van der Waals surface area contributed by atoms with Gasteiger partial charge in [-0.3, -0.25) is 0 Å². The SMILES string of the molecule is CNc1nc(C)cc(N2CC(C)Cc3ccccc32)n1. The molecule has 104 valence electrons. The Morgan fingerprint density at radius 2 is 2.05 bits per heavy atom. The lowest BCUT2D eigenvalue weighted by Gasteiger charge is -2.34. The van der Waals surface area contributed by atoms with Gasteiger partial charge in [0.2, 0.25) is 5.95 Å².